The quantitative estimate of drug-likeness (QED) is 0.869. The van der Waals surface area contributed by atoms with Crippen LogP contribution in [0.5, 0.6) is 0 Å². The summed E-state index contributed by atoms with van der Waals surface area (Å²) >= 11 is 0. The number of nitrogens with one attached hydrogen (secondary N) is 2. The number of aromatic nitrogens is 1. The highest BCUT2D eigenvalue weighted by Gasteiger charge is 2.31. The number of nitriles is 1. The number of carbonyl (C=O) groups excluding carboxylic acids is 1. The highest BCUT2D eigenvalue weighted by Crippen LogP contribution is 2.32. The molecule has 0 aliphatic rings. The van der Waals surface area contributed by atoms with E-state index in [1.807, 2.05) is 0 Å². The first-order valence-electron chi connectivity index (χ1n) is 4.80. The molecule has 1 aromatic rings. The number of hydrogen-bond acceptors (Lipinski definition) is 4. The van der Waals surface area contributed by atoms with Gasteiger partial charge in [0.25, 0.3) is 0 Å². The number of amides is 1. The minimum atomic E-state index is -4.55. The number of hydrogen-bond donors (Lipinski definition) is 2. The average molecular weight is 258 g/mol. The van der Waals surface area contributed by atoms with Gasteiger partial charge in [0.1, 0.15) is 12.2 Å². The summed E-state index contributed by atoms with van der Waals surface area (Å²) in [5.74, 6) is -0.607. The number of halogens is 3. The molecular weight excluding hydrogens is 249 g/mol. The Morgan fingerprint density at radius 2 is 2.22 bits per heavy atom. The number of nitrogens with zero attached hydrogens (tertiary/aromatic N) is 2. The molecule has 0 aliphatic heterocycles. The molecule has 1 heterocycles. The predicted molar refractivity (Wildman–Crippen MR) is 57.6 cm³/mol. The van der Waals surface area contributed by atoms with Crippen LogP contribution in [0.1, 0.15) is 12.0 Å². The van der Waals surface area contributed by atoms with Crippen LogP contribution >= 0.6 is 0 Å². The van der Waals surface area contributed by atoms with E-state index in [0.717, 1.165) is 6.07 Å². The number of alkyl halides is 3. The summed E-state index contributed by atoms with van der Waals surface area (Å²) in [6.07, 6.45) is -4.33. The van der Waals surface area contributed by atoms with Crippen molar-refractivity contribution in [3.8, 4) is 6.07 Å². The molecule has 0 atom stereocenters. The van der Waals surface area contributed by atoms with Gasteiger partial charge in [-0.3, -0.25) is 4.79 Å². The maximum Gasteiger partial charge on any atom is 0.417 e. The number of anilines is 2. The van der Waals surface area contributed by atoms with E-state index in [4.69, 9.17) is 5.26 Å². The second-order valence-corrected chi connectivity index (χ2v) is 3.25. The van der Waals surface area contributed by atoms with Crippen molar-refractivity contribution in [2.24, 2.45) is 0 Å². The van der Waals surface area contributed by atoms with Crippen LogP contribution in [0.4, 0.5) is 24.7 Å². The van der Waals surface area contributed by atoms with Gasteiger partial charge in [-0.05, 0) is 6.07 Å². The summed E-state index contributed by atoms with van der Waals surface area (Å²) in [6.45, 7) is 0. The van der Waals surface area contributed by atoms with E-state index in [1.54, 1.807) is 6.07 Å². The highest BCUT2D eigenvalue weighted by molar-refractivity contribution is 5.94. The zero-order valence-corrected chi connectivity index (χ0v) is 9.30. The van der Waals surface area contributed by atoms with Crippen LogP contribution in [-0.2, 0) is 11.0 Å². The minimum absolute atomic E-state index is 0.0919. The van der Waals surface area contributed by atoms with Crippen molar-refractivity contribution >= 4 is 17.4 Å². The zero-order chi connectivity index (χ0) is 13.8. The molecule has 1 aromatic heterocycles. The van der Waals surface area contributed by atoms with Gasteiger partial charge >= 0.3 is 6.18 Å². The van der Waals surface area contributed by atoms with Crippen molar-refractivity contribution in [3.63, 3.8) is 0 Å². The second kappa shape index (κ2) is 5.35. The van der Waals surface area contributed by atoms with E-state index in [0.29, 0.717) is 6.20 Å². The molecule has 0 aliphatic carbocycles. The van der Waals surface area contributed by atoms with Gasteiger partial charge in [0, 0.05) is 13.2 Å². The Labute approximate surface area is 101 Å². The van der Waals surface area contributed by atoms with Crippen LogP contribution < -0.4 is 10.6 Å². The van der Waals surface area contributed by atoms with E-state index < -0.39 is 24.1 Å². The molecule has 1 amide bonds. The Hall–Kier alpha value is -2.30. The molecule has 0 bridgehead atoms. The topological polar surface area (TPSA) is 77.8 Å². The van der Waals surface area contributed by atoms with Crippen LogP contribution in [-0.4, -0.2) is 17.9 Å². The molecular formula is C10H9F3N4O. The monoisotopic (exact) mass is 258 g/mol. The first kappa shape index (κ1) is 13.8. The van der Waals surface area contributed by atoms with E-state index in [9.17, 15) is 18.0 Å². The van der Waals surface area contributed by atoms with E-state index >= 15 is 0 Å². The summed E-state index contributed by atoms with van der Waals surface area (Å²) in [7, 11) is 1.45. The predicted octanol–water partition coefficient (Wildman–Crippen LogP) is 1.99. The maximum absolute atomic E-state index is 12.5. The lowest BCUT2D eigenvalue weighted by molar-refractivity contribution is -0.137. The number of pyridine rings is 1. The fourth-order valence-electron chi connectivity index (χ4n) is 1.18. The number of rotatable bonds is 3. The largest absolute Gasteiger partial charge is 0.417 e. The molecule has 0 unspecified atom stereocenters. The van der Waals surface area contributed by atoms with Crippen LogP contribution in [0.15, 0.2) is 12.3 Å². The molecule has 0 aromatic carbocycles. The standard InChI is InChI=1S/C10H9F3N4O/c1-15-9-7(17-8(18)2-3-14)4-6(5-16-9)10(11,12)13/h4-5H,2H2,1H3,(H,15,16)(H,17,18). The van der Waals surface area contributed by atoms with Crippen molar-refractivity contribution in [1.82, 2.24) is 4.98 Å². The van der Waals surface area contributed by atoms with Crippen molar-refractivity contribution in [2.75, 3.05) is 17.7 Å². The molecule has 2 N–H and O–H groups in total. The lowest BCUT2D eigenvalue weighted by Gasteiger charge is -2.12. The second-order valence-electron chi connectivity index (χ2n) is 3.25. The van der Waals surface area contributed by atoms with Gasteiger partial charge in [0.2, 0.25) is 5.91 Å². The van der Waals surface area contributed by atoms with E-state index in [1.165, 1.54) is 7.05 Å². The minimum Gasteiger partial charge on any atom is -0.371 e. The van der Waals surface area contributed by atoms with E-state index in [-0.39, 0.29) is 11.5 Å². The van der Waals surface area contributed by atoms with Crippen LogP contribution in [0.2, 0.25) is 0 Å². The molecule has 0 spiro atoms. The van der Waals surface area contributed by atoms with Gasteiger partial charge in [0.15, 0.2) is 0 Å². The molecule has 18 heavy (non-hydrogen) atoms. The first-order valence-corrected chi connectivity index (χ1v) is 4.80. The van der Waals surface area contributed by atoms with Gasteiger partial charge in [-0.15, -0.1) is 0 Å². The summed E-state index contributed by atoms with van der Waals surface area (Å²) in [5.41, 5.74) is -1.10. The van der Waals surface area contributed by atoms with Gasteiger partial charge < -0.3 is 10.6 Å². The van der Waals surface area contributed by atoms with Gasteiger partial charge in [-0.1, -0.05) is 0 Å². The Bertz CT molecular complexity index is 493. The third-order valence-electron chi connectivity index (χ3n) is 1.97. The van der Waals surface area contributed by atoms with E-state index in [2.05, 4.69) is 15.6 Å². The third kappa shape index (κ3) is 3.35. The SMILES string of the molecule is CNc1ncc(C(F)(F)F)cc1NC(=O)CC#N. The van der Waals surface area contributed by atoms with Crippen LogP contribution in [0, 0.1) is 11.3 Å². The van der Waals surface area contributed by atoms with Gasteiger partial charge in [0.05, 0.1) is 17.3 Å². The summed E-state index contributed by atoms with van der Waals surface area (Å²) in [5, 5.41) is 13.0. The first-order chi connectivity index (χ1) is 8.38. The van der Waals surface area contributed by atoms with Crippen molar-refractivity contribution in [3.05, 3.63) is 17.8 Å². The molecule has 5 nitrogen and oxygen atoms in total. The molecule has 1 rings (SSSR count). The lowest BCUT2D eigenvalue weighted by Crippen LogP contribution is -2.14. The van der Waals surface area contributed by atoms with Crippen LogP contribution in [0.25, 0.3) is 0 Å². The van der Waals surface area contributed by atoms with Crippen molar-refractivity contribution in [1.29, 1.82) is 5.26 Å². The molecule has 0 fully saturated rings. The third-order valence-corrected chi connectivity index (χ3v) is 1.97. The smallest absolute Gasteiger partial charge is 0.371 e. The normalized spacial score (nSPS) is 10.6. The van der Waals surface area contributed by atoms with Crippen molar-refractivity contribution in [2.45, 2.75) is 12.6 Å². The Morgan fingerprint density at radius 3 is 2.72 bits per heavy atom. The van der Waals surface area contributed by atoms with Crippen molar-refractivity contribution < 1.29 is 18.0 Å². The maximum atomic E-state index is 12.5. The average Bonchev–Trinajstić information content (AvgIpc) is 2.28. The zero-order valence-electron chi connectivity index (χ0n) is 9.30. The molecule has 96 valence electrons. The fourth-order valence-corrected chi connectivity index (χ4v) is 1.18. The molecule has 0 saturated carbocycles. The Morgan fingerprint density at radius 1 is 1.56 bits per heavy atom. The van der Waals surface area contributed by atoms with Gasteiger partial charge in [-0.2, -0.15) is 18.4 Å². The molecule has 8 heteroatoms. The van der Waals surface area contributed by atoms with Gasteiger partial charge in [-0.25, -0.2) is 4.98 Å². The molecule has 0 radical (unpaired) electrons. The lowest BCUT2D eigenvalue weighted by atomic mass is 10.2. The summed E-state index contributed by atoms with van der Waals surface area (Å²) in [4.78, 5) is 14.7. The molecule has 0 saturated heterocycles. The summed E-state index contributed by atoms with van der Waals surface area (Å²) < 4.78 is 37.4. The number of carbonyl (C=O) groups is 1. The summed E-state index contributed by atoms with van der Waals surface area (Å²) in [6, 6.07) is 2.35. The Balaban J connectivity index is 3.07. The fraction of sp³-hybridized carbons (Fsp3) is 0.300. The highest BCUT2D eigenvalue weighted by atomic mass is 19.4. The Kier molecular flexibility index (Phi) is 4.09. The van der Waals surface area contributed by atoms with Crippen LogP contribution in [0.3, 0.4) is 0 Å².